The molecule has 1 fully saturated rings. The standard InChI is InChI=1S/C7H15NOS/c1-5-6(2)9-4-7(8-5)10-3/h5-8H,4H2,1-3H3. The normalized spacial score (nSPS) is 41.7. The number of ether oxygens (including phenoxy) is 1. The lowest BCUT2D eigenvalue weighted by Crippen LogP contribution is -2.49. The predicted octanol–water partition coefficient (Wildman–Crippen LogP) is 1.07. The van der Waals surface area contributed by atoms with E-state index >= 15 is 0 Å². The number of morpholine rings is 1. The zero-order valence-electron chi connectivity index (χ0n) is 6.76. The van der Waals surface area contributed by atoms with E-state index in [2.05, 4.69) is 25.4 Å². The van der Waals surface area contributed by atoms with Crippen molar-refractivity contribution in [3.63, 3.8) is 0 Å². The van der Waals surface area contributed by atoms with Crippen molar-refractivity contribution in [1.82, 2.24) is 5.32 Å². The van der Waals surface area contributed by atoms with Gasteiger partial charge in [-0.25, -0.2) is 0 Å². The predicted molar refractivity (Wildman–Crippen MR) is 45.3 cm³/mol. The van der Waals surface area contributed by atoms with E-state index in [4.69, 9.17) is 4.74 Å². The van der Waals surface area contributed by atoms with Crippen LogP contribution in [0, 0.1) is 0 Å². The molecule has 0 aromatic rings. The Kier molecular flexibility index (Phi) is 3.01. The van der Waals surface area contributed by atoms with Gasteiger partial charge in [-0.1, -0.05) is 0 Å². The maximum Gasteiger partial charge on any atom is 0.0769 e. The quantitative estimate of drug-likeness (QED) is 0.621. The summed E-state index contributed by atoms with van der Waals surface area (Å²) in [5.74, 6) is 0. The Bertz CT molecular complexity index is 110. The Morgan fingerprint density at radius 3 is 2.70 bits per heavy atom. The average molecular weight is 161 g/mol. The van der Waals surface area contributed by atoms with Crippen molar-refractivity contribution < 1.29 is 4.74 Å². The molecule has 10 heavy (non-hydrogen) atoms. The Morgan fingerprint density at radius 2 is 2.20 bits per heavy atom. The maximum absolute atomic E-state index is 5.51. The Hall–Kier alpha value is 0.270. The minimum absolute atomic E-state index is 0.364. The molecule has 1 aliphatic heterocycles. The molecule has 0 saturated carbocycles. The molecule has 3 atom stereocenters. The number of thioether (sulfide) groups is 1. The van der Waals surface area contributed by atoms with E-state index in [0.29, 0.717) is 17.5 Å². The third-order valence-corrected chi connectivity index (χ3v) is 2.79. The molecule has 3 heteroatoms. The van der Waals surface area contributed by atoms with E-state index in [0.717, 1.165) is 6.61 Å². The molecule has 1 saturated heterocycles. The van der Waals surface area contributed by atoms with E-state index in [1.807, 2.05) is 11.8 Å². The van der Waals surface area contributed by atoms with Crippen LogP contribution < -0.4 is 5.32 Å². The molecule has 0 spiro atoms. The van der Waals surface area contributed by atoms with E-state index in [9.17, 15) is 0 Å². The van der Waals surface area contributed by atoms with Crippen molar-refractivity contribution in [2.45, 2.75) is 31.4 Å². The molecule has 60 valence electrons. The highest BCUT2D eigenvalue weighted by Gasteiger charge is 2.22. The molecule has 0 aliphatic carbocycles. The fourth-order valence-electron chi connectivity index (χ4n) is 0.996. The highest BCUT2D eigenvalue weighted by atomic mass is 32.2. The van der Waals surface area contributed by atoms with Crippen molar-refractivity contribution in [3.8, 4) is 0 Å². The summed E-state index contributed by atoms with van der Waals surface area (Å²) in [5, 5.41) is 3.95. The summed E-state index contributed by atoms with van der Waals surface area (Å²) in [6, 6.07) is 0.492. The SMILES string of the molecule is CSC1COC(C)C(C)N1. The summed E-state index contributed by atoms with van der Waals surface area (Å²) in [6.07, 6.45) is 2.47. The fraction of sp³-hybridized carbons (Fsp3) is 1.00. The third kappa shape index (κ3) is 1.87. The molecule has 0 aromatic carbocycles. The summed E-state index contributed by atoms with van der Waals surface area (Å²) in [5.41, 5.74) is 0. The third-order valence-electron chi connectivity index (χ3n) is 1.95. The van der Waals surface area contributed by atoms with Gasteiger partial charge in [-0.2, -0.15) is 0 Å². The van der Waals surface area contributed by atoms with Gasteiger partial charge in [0.25, 0.3) is 0 Å². The molecule has 1 rings (SSSR count). The van der Waals surface area contributed by atoms with Crippen LogP contribution in [-0.2, 0) is 4.74 Å². The van der Waals surface area contributed by atoms with Crippen LogP contribution >= 0.6 is 11.8 Å². The topological polar surface area (TPSA) is 21.3 Å². The molecule has 2 nitrogen and oxygen atoms in total. The van der Waals surface area contributed by atoms with Gasteiger partial charge in [0, 0.05) is 6.04 Å². The average Bonchev–Trinajstić information content (AvgIpc) is 1.95. The summed E-state index contributed by atoms with van der Waals surface area (Å²) in [7, 11) is 0. The monoisotopic (exact) mass is 161 g/mol. The second kappa shape index (κ2) is 3.60. The Morgan fingerprint density at radius 1 is 1.50 bits per heavy atom. The van der Waals surface area contributed by atoms with Crippen LogP contribution in [0.25, 0.3) is 0 Å². The van der Waals surface area contributed by atoms with Crippen LogP contribution in [0.15, 0.2) is 0 Å². The highest BCUT2D eigenvalue weighted by Crippen LogP contribution is 2.13. The van der Waals surface area contributed by atoms with Crippen LogP contribution in [0.5, 0.6) is 0 Å². The first-order chi connectivity index (χ1) is 4.74. The second-order valence-corrected chi connectivity index (χ2v) is 3.76. The lowest BCUT2D eigenvalue weighted by molar-refractivity contribution is 0.00644. The maximum atomic E-state index is 5.51. The molecular formula is C7H15NOS. The van der Waals surface area contributed by atoms with Crippen LogP contribution in [0.3, 0.4) is 0 Å². The summed E-state index contributed by atoms with van der Waals surface area (Å²) < 4.78 is 5.51. The molecule has 0 bridgehead atoms. The zero-order valence-corrected chi connectivity index (χ0v) is 7.57. The van der Waals surface area contributed by atoms with Crippen molar-refractivity contribution in [1.29, 1.82) is 0 Å². The number of rotatable bonds is 1. The summed E-state index contributed by atoms with van der Waals surface area (Å²) in [4.78, 5) is 0. The van der Waals surface area contributed by atoms with Gasteiger partial charge in [0.1, 0.15) is 0 Å². The van der Waals surface area contributed by atoms with E-state index in [1.165, 1.54) is 0 Å². The number of nitrogens with one attached hydrogen (secondary N) is 1. The van der Waals surface area contributed by atoms with Gasteiger partial charge < -0.3 is 4.74 Å². The smallest absolute Gasteiger partial charge is 0.0769 e. The van der Waals surface area contributed by atoms with Gasteiger partial charge in [0.05, 0.1) is 18.1 Å². The van der Waals surface area contributed by atoms with Crippen LogP contribution in [0.4, 0.5) is 0 Å². The number of hydrogen-bond donors (Lipinski definition) is 1. The van der Waals surface area contributed by atoms with E-state index in [1.54, 1.807) is 0 Å². The molecule has 1 aliphatic rings. The van der Waals surface area contributed by atoms with Gasteiger partial charge in [-0.05, 0) is 20.1 Å². The van der Waals surface area contributed by atoms with Gasteiger partial charge in [0.2, 0.25) is 0 Å². The first-order valence-corrected chi connectivity index (χ1v) is 4.93. The molecule has 3 unspecified atom stereocenters. The van der Waals surface area contributed by atoms with Gasteiger partial charge >= 0.3 is 0 Å². The molecule has 0 aromatic heterocycles. The fourth-order valence-corrected chi connectivity index (χ4v) is 1.56. The molecule has 0 amide bonds. The lowest BCUT2D eigenvalue weighted by Gasteiger charge is -2.32. The molecule has 1 N–H and O–H groups in total. The minimum Gasteiger partial charge on any atom is -0.374 e. The van der Waals surface area contributed by atoms with Crippen molar-refractivity contribution in [3.05, 3.63) is 0 Å². The molecule has 1 heterocycles. The Labute approximate surface area is 66.7 Å². The summed E-state index contributed by atoms with van der Waals surface area (Å²) in [6.45, 7) is 5.11. The Balaban J connectivity index is 2.33. The zero-order chi connectivity index (χ0) is 7.56. The van der Waals surface area contributed by atoms with Gasteiger partial charge in [-0.3, -0.25) is 5.32 Å². The van der Waals surface area contributed by atoms with Gasteiger partial charge in [0.15, 0.2) is 0 Å². The number of hydrogen-bond acceptors (Lipinski definition) is 3. The lowest BCUT2D eigenvalue weighted by atomic mass is 10.2. The highest BCUT2D eigenvalue weighted by molar-refractivity contribution is 7.99. The molecule has 0 radical (unpaired) electrons. The van der Waals surface area contributed by atoms with Crippen LogP contribution in [0.1, 0.15) is 13.8 Å². The summed E-state index contributed by atoms with van der Waals surface area (Å²) >= 11 is 1.82. The first-order valence-electron chi connectivity index (χ1n) is 3.64. The van der Waals surface area contributed by atoms with Crippen LogP contribution in [0.2, 0.25) is 0 Å². The first kappa shape index (κ1) is 8.37. The van der Waals surface area contributed by atoms with Crippen LogP contribution in [-0.4, -0.2) is 30.4 Å². The van der Waals surface area contributed by atoms with E-state index < -0.39 is 0 Å². The largest absolute Gasteiger partial charge is 0.374 e. The van der Waals surface area contributed by atoms with Crippen molar-refractivity contribution in [2.75, 3.05) is 12.9 Å². The van der Waals surface area contributed by atoms with Crippen molar-refractivity contribution in [2.24, 2.45) is 0 Å². The van der Waals surface area contributed by atoms with Gasteiger partial charge in [-0.15, -0.1) is 11.8 Å². The van der Waals surface area contributed by atoms with Crippen molar-refractivity contribution >= 4 is 11.8 Å². The second-order valence-electron chi connectivity index (χ2n) is 2.72. The minimum atomic E-state index is 0.364. The molecular weight excluding hydrogens is 146 g/mol. The van der Waals surface area contributed by atoms with E-state index in [-0.39, 0.29) is 0 Å².